The third-order valence-corrected chi connectivity index (χ3v) is 4.74. The molecule has 0 radical (unpaired) electrons. The lowest BCUT2D eigenvalue weighted by Gasteiger charge is -2.18. The average Bonchev–Trinajstić information content (AvgIpc) is 3.17. The van der Waals surface area contributed by atoms with Gasteiger partial charge < -0.3 is 10.2 Å². The largest absolute Gasteiger partial charge is 0.342 e. The van der Waals surface area contributed by atoms with Gasteiger partial charge in [-0.2, -0.15) is 0 Å². The van der Waals surface area contributed by atoms with E-state index in [0.29, 0.717) is 17.7 Å². The van der Waals surface area contributed by atoms with Crippen LogP contribution in [0.15, 0.2) is 30.3 Å². The fraction of sp³-hybridized carbons (Fsp3) is 0.588. The number of carbonyl (C=O) groups excluding carboxylic acids is 1. The number of benzene rings is 1. The maximum Gasteiger partial charge on any atom is 0.222 e. The summed E-state index contributed by atoms with van der Waals surface area (Å²) in [7, 11) is 0. The number of rotatable bonds is 4. The first-order chi connectivity index (χ1) is 9.83. The van der Waals surface area contributed by atoms with E-state index < -0.39 is 0 Å². The average molecular weight is 309 g/mol. The highest BCUT2D eigenvalue weighted by molar-refractivity contribution is 5.85. The fourth-order valence-corrected chi connectivity index (χ4v) is 3.43. The van der Waals surface area contributed by atoms with Crippen LogP contribution in [0.25, 0.3) is 0 Å². The maximum atomic E-state index is 12.3. The smallest absolute Gasteiger partial charge is 0.222 e. The second-order valence-electron chi connectivity index (χ2n) is 6.13. The van der Waals surface area contributed by atoms with E-state index in [2.05, 4.69) is 40.5 Å². The number of hydrogen-bond donors (Lipinski definition) is 1. The lowest BCUT2D eigenvalue weighted by molar-refractivity contribution is -0.130. The van der Waals surface area contributed by atoms with Crippen LogP contribution in [0.3, 0.4) is 0 Å². The minimum atomic E-state index is 0. The monoisotopic (exact) mass is 308 g/mol. The summed E-state index contributed by atoms with van der Waals surface area (Å²) >= 11 is 0. The molecule has 3 nitrogen and oxygen atoms in total. The number of nitrogens with one attached hydrogen (secondary N) is 1. The minimum absolute atomic E-state index is 0. The van der Waals surface area contributed by atoms with Gasteiger partial charge in [-0.1, -0.05) is 30.3 Å². The Morgan fingerprint density at radius 3 is 2.76 bits per heavy atom. The van der Waals surface area contributed by atoms with E-state index in [9.17, 15) is 4.79 Å². The predicted octanol–water partition coefficient (Wildman–Crippen LogP) is 2.81. The van der Waals surface area contributed by atoms with Crippen molar-refractivity contribution in [3.63, 3.8) is 0 Å². The highest BCUT2D eigenvalue weighted by Gasteiger charge is 2.27. The number of carbonyl (C=O) groups is 1. The molecule has 21 heavy (non-hydrogen) atoms. The maximum absolute atomic E-state index is 12.3. The van der Waals surface area contributed by atoms with Gasteiger partial charge in [-0.3, -0.25) is 4.79 Å². The number of amides is 1. The molecular formula is C17H25ClN2O. The first-order valence-corrected chi connectivity index (χ1v) is 7.86. The Kier molecular flexibility index (Phi) is 6.07. The molecule has 0 spiro atoms. The molecule has 1 aromatic rings. The standard InChI is InChI=1S/C17H24N2O.ClH/c20-17(7-6-14-8-10-18-12-14)19-11-9-16(13-19)15-4-2-1-3-5-15;/h1-5,14,16,18H,6-13H2;1H. The van der Waals surface area contributed by atoms with Crippen molar-refractivity contribution in [2.75, 3.05) is 26.2 Å². The molecule has 2 atom stereocenters. The highest BCUT2D eigenvalue weighted by atomic mass is 35.5. The van der Waals surface area contributed by atoms with Crippen LogP contribution < -0.4 is 5.32 Å². The Hall–Kier alpha value is -1.06. The summed E-state index contributed by atoms with van der Waals surface area (Å²) in [6.07, 6.45) is 4.13. The van der Waals surface area contributed by atoms with Gasteiger partial charge >= 0.3 is 0 Å². The molecule has 3 rings (SSSR count). The molecule has 2 aliphatic heterocycles. The van der Waals surface area contributed by atoms with Gasteiger partial charge in [-0.25, -0.2) is 0 Å². The molecule has 1 aromatic carbocycles. The zero-order chi connectivity index (χ0) is 13.8. The Morgan fingerprint density at radius 2 is 2.05 bits per heavy atom. The molecule has 2 aliphatic rings. The number of halogens is 1. The summed E-state index contributed by atoms with van der Waals surface area (Å²) in [6.45, 7) is 4.06. The van der Waals surface area contributed by atoms with Gasteiger partial charge in [0, 0.05) is 25.4 Å². The van der Waals surface area contributed by atoms with Crippen LogP contribution in [0.5, 0.6) is 0 Å². The van der Waals surface area contributed by atoms with Crippen molar-refractivity contribution >= 4 is 18.3 Å². The van der Waals surface area contributed by atoms with Crippen LogP contribution in [0.4, 0.5) is 0 Å². The molecule has 116 valence electrons. The predicted molar refractivity (Wildman–Crippen MR) is 87.8 cm³/mol. The number of hydrogen-bond acceptors (Lipinski definition) is 2. The lowest BCUT2D eigenvalue weighted by Crippen LogP contribution is -2.28. The van der Waals surface area contributed by atoms with Crippen molar-refractivity contribution in [2.24, 2.45) is 5.92 Å². The highest BCUT2D eigenvalue weighted by Crippen LogP contribution is 2.27. The molecule has 1 amide bonds. The van der Waals surface area contributed by atoms with E-state index in [-0.39, 0.29) is 12.4 Å². The summed E-state index contributed by atoms with van der Waals surface area (Å²) < 4.78 is 0. The summed E-state index contributed by atoms with van der Waals surface area (Å²) in [5.41, 5.74) is 1.38. The Bertz CT molecular complexity index is 445. The normalized spacial score (nSPS) is 24.9. The molecule has 0 aromatic heterocycles. The Balaban J connectivity index is 0.00000161. The van der Waals surface area contributed by atoms with Gasteiger partial charge in [0.1, 0.15) is 0 Å². The Morgan fingerprint density at radius 1 is 1.24 bits per heavy atom. The van der Waals surface area contributed by atoms with E-state index in [1.807, 2.05) is 0 Å². The second-order valence-corrected chi connectivity index (χ2v) is 6.13. The molecule has 0 aliphatic carbocycles. The van der Waals surface area contributed by atoms with Gasteiger partial charge in [0.25, 0.3) is 0 Å². The molecular weight excluding hydrogens is 284 g/mol. The molecule has 0 saturated carbocycles. The van der Waals surface area contributed by atoms with E-state index in [1.54, 1.807) is 0 Å². The van der Waals surface area contributed by atoms with Gasteiger partial charge in [0.05, 0.1) is 0 Å². The molecule has 2 saturated heterocycles. The minimum Gasteiger partial charge on any atom is -0.342 e. The molecule has 0 bridgehead atoms. The zero-order valence-electron chi connectivity index (χ0n) is 12.5. The van der Waals surface area contributed by atoms with Crippen LogP contribution in [0.1, 0.15) is 37.2 Å². The van der Waals surface area contributed by atoms with E-state index in [4.69, 9.17) is 0 Å². The van der Waals surface area contributed by atoms with Crippen molar-refractivity contribution in [3.8, 4) is 0 Å². The fourth-order valence-electron chi connectivity index (χ4n) is 3.43. The van der Waals surface area contributed by atoms with E-state index in [0.717, 1.165) is 45.4 Å². The quantitative estimate of drug-likeness (QED) is 0.927. The van der Waals surface area contributed by atoms with Crippen LogP contribution in [0, 0.1) is 5.92 Å². The SMILES string of the molecule is Cl.O=C(CCC1CCNC1)N1CCC(c2ccccc2)C1. The first-order valence-electron chi connectivity index (χ1n) is 7.86. The molecule has 4 heteroatoms. The first kappa shape index (κ1) is 16.3. The van der Waals surface area contributed by atoms with Gasteiger partial charge in [-0.15, -0.1) is 12.4 Å². The zero-order valence-corrected chi connectivity index (χ0v) is 13.3. The van der Waals surface area contributed by atoms with Crippen LogP contribution in [-0.4, -0.2) is 37.0 Å². The van der Waals surface area contributed by atoms with E-state index in [1.165, 1.54) is 12.0 Å². The van der Waals surface area contributed by atoms with Crippen molar-refractivity contribution in [2.45, 2.75) is 31.6 Å². The van der Waals surface area contributed by atoms with Gasteiger partial charge in [0.15, 0.2) is 0 Å². The van der Waals surface area contributed by atoms with Crippen molar-refractivity contribution in [1.82, 2.24) is 10.2 Å². The topological polar surface area (TPSA) is 32.3 Å². The lowest BCUT2D eigenvalue weighted by atomic mass is 9.99. The van der Waals surface area contributed by atoms with Crippen molar-refractivity contribution in [3.05, 3.63) is 35.9 Å². The molecule has 2 heterocycles. The van der Waals surface area contributed by atoms with Crippen LogP contribution >= 0.6 is 12.4 Å². The summed E-state index contributed by atoms with van der Waals surface area (Å²) in [4.78, 5) is 14.4. The summed E-state index contributed by atoms with van der Waals surface area (Å²) in [5.74, 6) is 1.61. The third-order valence-electron chi connectivity index (χ3n) is 4.74. The number of nitrogens with zero attached hydrogens (tertiary/aromatic N) is 1. The molecule has 1 N–H and O–H groups in total. The van der Waals surface area contributed by atoms with Crippen molar-refractivity contribution in [1.29, 1.82) is 0 Å². The van der Waals surface area contributed by atoms with Gasteiger partial charge in [-0.05, 0) is 43.8 Å². The van der Waals surface area contributed by atoms with Crippen molar-refractivity contribution < 1.29 is 4.79 Å². The Labute approximate surface area is 133 Å². The van der Waals surface area contributed by atoms with Crippen LogP contribution in [-0.2, 0) is 4.79 Å². The second kappa shape index (κ2) is 7.81. The summed E-state index contributed by atoms with van der Waals surface area (Å²) in [6, 6.07) is 10.6. The van der Waals surface area contributed by atoms with Crippen LogP contribution in [0.2, 0.25) is 0 Å². The molecule has 2 fully saturated rings. The number of likely N-dealkylation sites (tertiary alicyclic amines) is 1. The summed E-state index contributed by atoms with van der Waals surface area (Å²) in [5, 5.41) is 3.37. The molecule has 2 unspecified atom stereocenters. The van der Waals surface area contributed by atoms with E-state index >= 15 is 0 Å². The third kappa shape index (κ3) is 4.21. The van der Waals surface area contributed by atoms with Gasteiger partial charge in [0.2, 0.25) is 5.91 Å².